The van der Waals surface area contributed by atoms with E-state index in [0.29, 0.717) is 6.54 Å². The molecular weight excluding hydrogens is 360 g/mol. The number of piperidine rings is 1. The number of rotatable bonds is 3. The summed E-state index contributed by atoms with van der Waals surface area (Å²) in [7, 11) is 0. The standard InChI is InChI=1S/C20H22N4O2S/c25-19(22-11-13-1-2-15-16(9-13)24-12-23-15)17-10-14-3-8-26-20(18(14)27-17)4-6-21-7-5-20/h1-2,9-10,12,21H,3-8,11H2,(H,22,25)(H,23,24). The van der Waals surface area contributed by atoms with Gasteiger partial charge in [-0.15, -0.1) is 11.3 Å². The SMILES string of the molecule is O=C(NCc1ccc2nc[nH]c2c1)c1cc2c(s1)C1(CCNCC1)OCC2. The summed E-state index contributed by atoms with van der Waals surface area (Å²) in [6, 6.07) is 8.07. The topological polar surface area (TPSA) is 79.0 Å². The van der Waals surface area contributed by atoms with Crippen LogP contribution < -0.4 is 10.6 Å². The molecule has 2 aromatic heterocycles. The molecule has 1 spiro atoms. The van der Waals surface area contributed by atoms with Crippen molar-refractivity contribution in [3.63, 3.8) is 0 Å². The van der Waals surface area contributed by atoms with Crippen molar-refractivity contribution < 1.29 is 9.53 Å². The van der Waals surface area contributed by atoms with Crippen LogP contribution in [0.1, 0.15) is 38.5 Å². The normalized spacial score (nSPS) is 18.5. The van der Waals surface area contributed by atoms with Crippen LogP contribution in [0.2, 0.25) is 0 Å². The van der Waals surface area contributed by atoms with Crippen molar-refractivity contribution in [1.29, 1.82) is 0 Å². The zero-order chi connectivity index (χ0) is 18.3. The molecule has 2 aliphatic heterocycles. The van der Waals surface area contributed by atoms with Crippen molar-refractivity contribution in [1.82, 2.24) is 20.6 Å². The molecule has 0 saturated carbocycles. The van der Waals surface area contributed by atoms with E-state index in [9.17, 15) is 4.79 Å². The van der Waals surface area contributed by atoms with Crippen molar-refractivity contribution in [2.45, 2.75) is 31.4 Å². The van der Waals surface area contributed by atoms with Gasteiger partial charge < -0.3 is 20.4 Å². The summed E-state index contributed by atoms with van der Waals surface area (Å²) in [5, 5.41) is 6.46. The number of benzene rings is 1. The van der Waals surface area contributed by atoms with E-state index >= 15 is 0 Å². The van der Waals surface area contributed by atoms with Gasteiger partial charge in [0.05, 0.1) is 28.8 Å². The van der Waals surface area contributed by atoms with Gasteiger partial charge in [-0.25, -0.2) is 4.98 Å². The number of thiophene rings is 1. The first-order valence-corrected chi connectivity index (χ1v) is 10.2. The van der Waals surface area contributed by atoms with Crippen molar-refractivity contribution >= 4 is 28.3 Å². The fourth-order valence-electron chi connectivity index (χ4n) is 4.10. The number of nitrogens with zero attached hydrogens (tertiary/aromatic N) is 1. The number of aromatic nitrogens is 2. The number of nitrogens with one attached hydrogen (secondary N) is 3. The summed E-state index contributed by atoms with van der Waals surface area (Å²) in [5.41, 5.74) is 4.08. The lowest BCUT2D eigenvalue weighted by atomic mass is 9.86. The molecule has 1 saturated heterocycles. The Labute approximate surface area is 161 Å². The molecule has 0 aliphatic carbocycles. The summed E-state index contributed by atoms with van der Waals surface area (Å²) in [6.07, 6.45) is 4.53. The minimum Gasteiger partial charge on any atom is -0.369 e. The average molecular weight is 382 g/mol. The smallest absolute Gasteiger partial charge is 0.261 e. The number of carbonyl (C=O) groups excluding carboxylic acids is 1. The number of fused-ring (bicyclic) bond motifs is 3. The number of ether oxygens (including phenoxy) is 1. The van der Waals surface area contributed by atoms with Crippen molar-refractivity contribution in [3.8, 4) is 0 Å². The minimum atomic E-state index is -0.187. The quantitative estimate of drug-likeness (QED) is 0.651. The third-order valence-corrected chi connectivity index (χ3v) is 6.91. The Morgan fingerprint density at radius 1 is 1.30 bits per heavy atom. The summed E-state index contributed by atoms with van der Waals surface area (Å²) in [4.78, 5) is 22.1. The van der Waals surface area contributed by atoms with Crippen molar-refractivity contribution in [3.05, 3.63) is 51.5 Å². The average Bonchev–Trinajstić information content (AvgIpc) is 3.34. The van der Waals surface area contributed by atoms with Crippen LogP contribution in [0.4, 0.5) is 0 Å². The largest absolute Gasteiger partial charge is 0.369 e. The van der Waals surface area contributed by atoms with Gasteiger partial charge in [0.25, 0.3) is 5.91 Å². The molecule has 0 bridgehead atoms. The summed E-state index contributed by atoms with van der Waals surface area (Å²) >= 11 is 1.61. The number of amides is 1. The lowest BCUT2D eigenvalue weighted by Crippen LogP contribution is -2.43. The Bertz CT molecular complexity index is 987. The highest BCUT2D eigenvalue weighted by atomic mass is 32.1. The van der Waals surface area contributed by atoms with Crippen molar-refractivity contribution in [2.75, 3.05) is 19.7 Å². The predicted octanol–water partition coefficient (Wildman–Crippen LogP) is 2.71. The Balaban J connectivity index is 1.33. The maximum Gasteiger partial charge on any atom is 0.261 e. The molecule has 140 valence electrons. The first-order valence-electron chi connectivity index (χ1n) is 9.42. The highest BCUT2D eigenvalue weighted by Gasteiger charge is 2.41. The van der Waals surface area contributed by atoms with Crippen LogP contribution >= 0.6 is 11.3 Å². The van der Waals surface area contributed by atoms with E-state index in [1.807, 2.05) is 18.2 Å². The molecule has 3 N–H and O–H groups in total. The van der Waals surface area contributed by atoms with Gasteiger partial charge in [0.15, 0.2) is 0 Å². The van der Waals surface area contributed by atoms with Gasteiger partial charge >= 0.3 is 0 Å². The molecule has 3 aromatic rings. The minimum absolute atomic E-state index is 0.0109. The molecule has 5 rings (SSSR count). The maximum absolute atomic E-state index is 12.7. The molecule has 27 heavy (non-hydrogen) atoms. The lowest BCUT2D eigenvalue weighted by Gasteiger charge is -2.40. The van der Waals surface area contributed by atoms with Crippen LogP contribution in [0.3, 0.4) is 0 Å². The Morgan fingerprint density at radius 3 is 3.07 bits per heavy atom. The molecule has 2 aliphatic rings. The Morgan fingerprint density at radius 2 is 2.19 bits per heavy atom. The zero-order valence-corrected chi connectivity index (χ0v) is 15.8. The maximum atomic E-state index is 12.7. The molecule has 7 heteroatoms. The van der Waals surface area contributed by atoms with Crippen LogP contribution in [0.15, 0.2) is 30.6 Å². The molecule has 1 aromatic carbocycles. The zero-order valence-electron chi connectivity index (χ0n) is 15.0. The highest BCUT2D eigenvalue weighted by Crippen LogP contribution is 2.44. The van der Waals surface area contributed by atoms with Crippen LogP contribution in [0.5, 0.6) is 0 Å². The van der Waals surface area contributed by atoms with Crippen LogP contribution in [-0.4, -0.2) is 35.6 Å². The van der Waals surface area contributed by atoms with Crippen LogP contribution in [-0.2, 0) is 23.3 Å². The molecule has 0 unspecified atom stereocenters. The fraction of sp³-hybridized carbons (Fsp3) is 0.400. The predicted molar refractivity (Wildman–Crippen MR) is 105 cm³/mol. The summed E-state index contributed by atoms with van der Waals surface area (Å²) < 4.78 is 6.22. The number of hydrogen-bond donors (Lipinski definition) is 3. The van der Waals surface area contributed by atoms with E-state index in [2.05, 4.69) is 26.7 Å². The van der Waals surface area contributed by atoms with E-state index in [-0.39, 0.29) is 11.5 Å². The molecule has 6 nitrogen and oxygen atoms in total. The van der Waals surface area contributed by atoms with Crippen LogP contribution in [0.25, 0.3) is 11.0 Å². The lowest BCUT2D eigenvalue weighted by molar-refractivity contribution is -0.0771. The third-order valence-electron chi connectivity index (χ3n) is 5.55. The van der Waals surface area contributed by atoms with E-state index < -0.39 is 0 Å². The Hall–Kier alpha value is -2.22. The van der Waals surface area contributed by atoms with Gasteiger partial charge in [-0.05, 0) is 61.7 Å². The molecule has 1 fully saturated rings. The molecular formula is C20H22N4O2S. The first kappa shape index (κ1) is 16.9. The second-order valence-corrected chi connectivity index (χ2v) is 8.30. The van der Waals surface area contributed by atoms with E-state index in [0.717, 1.165) is 60.4 Å². The molecule has 4 heterocycles. The van der Waals surface area contributed by atoms with Gasteiger partial charge in [0.1, 0.15) is 5.60 Å². The number of aromatic amines is 1. The second-order valence-electron chi connectivity index (χ2n) is 7.24. The van der Waals surface area contributed by atoms with Gasteiger partial charge in [-0.3, -0.25) is 4.79 Å². The first-order chi connectivity index (χ1) is 13.2. The number of carbonyl (C=O) groups is 1. The molecule has 0 atom stereocenters. The summed E-state index contributed by atoms with van der Waals surface area (Å²) in [5.74, 6) is -0.0109. The van der Waals surface area contributed by atoms with E-state index in [4.69, 9.17) is 4.74 Å². The molecule has 1 amide bonds. The monoisotopic (exact) mass is 382 g/mol. The third kappa shape index (κ3) is 3.05. The number of hydrogen-bond acceptors (Lipinski definition) is 5. The number of imidazole rings is 1. The molecule has 0 radical (unpaired) electrons. The Kier molecular flexibility index (Phi) is 4.22. The highest BCUT2D eigenvalue weighted by molar-refractivity contribution is 7.14. The van der Waals surface area contributed by atoms with Crippen molar-refractivity contribution in [2.24, 2.45) is 0 Å². The number of H-pyrrole nitrogens is 1. The van der Waals surface area contributed by atoms with Crippen LogP contribution in [0, 0.1) is 0 Å². The van der Waals surface area contributed by atoms with Gasteiger partial charge in [-0.2, -0.15) is 0 Å². The van der Waals surface area contributed by atoms with E-state index in [1.165, 1.54) is 10.4 Å². The van der Waals surface area contributed by atoms with Gasteiger partial charge in [0, 0.05) is 11.4 Å². The fourth-order valence-corrected chi connectivity index (χ4v) is 5.43. The van der Waals surface area contributed by atoms with Gasteiger partial charge in [-0.1, -0.05) is 6.07 Å². The van der Waals surface area contributed by atoms with Gasteiger partial charge in [0.2, 0.25) is 0 Å². The summed E-state index contributed by atoms with van der Waals surface area (Å²) in [6.45, 7) is 3.18. The second kappa shape index (κ2) is 6.74. The van der Waals surface area contributed by atoms with E-state index in [1.54, 1.807) is 17.7 Å².